The van der Waals surface area contributed by atoms with Gasteiger partial charge in [0.2, 0.25) is 5.91 Å². The van der Waals surface area contributed by atoms with Crippen molar-refractivity contribution in [3.05, 3.63) is 63.9 Å². The molecule has 22 heavy (non-hydrogen) atoms. The first-order valence-electron chi connectivity index (χ1n) is 6.56. The minimum Gasteiger partial charge on any atom is -0.343 e. The van der Waals surface area contributed by atoms with Gasteiger partial charge in [-0.05, 0) is 52.7 Å². The minimum absolute atomic E-state index is 0.0909. The van der Waals surface area contributed by atoms with Crippen LogP contribution in [-0.2, 0) is 4.79 Å². The van der Waals surface area contributed by atoms with Crippen molar-refractivity contribution in [2.45, 2.75) is 6.92 Å². The highest BCUT2D eigenvalue weighted by molar-refractivity contribution is 9.10. The van der Waals surface area contributed by atoms with E-state index in [1.807, 2.05) is 19.1 Å². The van der Waals surface area contributed by atoms with Crippen LogP contribution >= 0.6 is 15.9 Å². The normalized spacial score (nSPS) is 10.1. The van der Waals surface area contributed by atoms with E-state index in [-0.39, 0.29) is 12.1 Å². The zero-order valence-corrected chi connectivity index (χ0v) is 13.4. The fourth-order valence-corrected chi connectivity index (χ4v) is 2.41. The number of hydrogen-bond acceptors (Lipinski definition) is 2. The zero-order valence-electron chi connectivity index (χ0n) is 11.8. The van der Waals surface area contributed by atoms with Crippen molar-refractivity contribution < 1.29 is 14.0 Å². The molecule has 0 radical (unpaired) electrons. The summed E-state index contributed by atoms with van der Waals surface area (Å²) in [4.78, 5) is 23.6. The number of anilines is 1. The second-order valence-electron chi connectivity index (χ2n) is 4.69. The summed E-state index contributed by atoms with van der Waals surface area (Å²) in [5.74, 6) is -1.65. The van der Waals surface area contributed by atoms with Gasteiger partial charge in [-0.15, -0.1) is 0 Å². The number of nitrogens with one attached hydrogen (secondary N) is 2. The molecule has 0 fully saturated rings. The molecule has 0 atom stereocenters. The molecule has 0 spiro atoms. The smallest absolute Gasteiger partial charge is 0.254 e. The van der Waals surface area contributed by atoms with Gasteiger partial charge in [0.15, 0.2) is 0 Å². The van der Waals surface area contributed by atoms with E-state index in [9.17, 15) is 14.0 Å². The number of aryl methyl sites for hydroxylation is 1. The average Bonchev–Trinajstić information content (AvgIpc) is 2.48. The first-order valence-corrected chi connectivity index (χ1v) is 7.35. The predicted molar refractivity (Wildman–Crippen MR) is 86.2 cm³/mol. The van der Waals surface area contributed by atoms with Crippen LogP contribution in [-0.4, -0.2) is 18.4 Å². The number of halogens is 2. The molecule has 0 aliphatic carbocycles. The van der Waals surface area contributed by atoms with Crippen LogP contribution in [0.4, 0.5) is 10.1 Å². The minimum atomic E-state index is -0.628. The highest BCUT2D eigenvalue weighted by Gasteiger charge is 2.12. The molecular formula is C16H14BrFN2O2. The monoisotopic (exact) mass is 364 g/mol. The molecule has 0 bridgehead atoms. The molecule has 2 rings (SSSR count). The third-order valence-electron chi connectivity index (χ3n) is 2.93. The van der Waals surface area contributed by atoms with E-state index in [1.54, 1.807) is 12.1 Å². The Balaban J connectivity index is 1.93. The fraction of sp³-hybridized carbons (Fsp3) is 0.125. The molecule has 2 N–H and O–H groups in total. The summed E-state index contributed by atoms with van der Waals surface area (Å²) in [7, 11) is 0. The first-order chi connectivity index (χ1) is 10.5. The largest absolute Gasteiger partial charge is 0.343 e. The molecule has 4 nitrogen and oxygen atoms in total. The Morgan fingerprint density at radius 2 is 1.91 bits per heavy atom. The summed E-state index contributed by atoms with van der Waals surface area (Å²) < 4.78 is 14.2. The molecule has 6 heteroatoms. The Morgan fingerprint density at radius 3 is 2.59 bits per heavy atom. The molecule has 114 valence electrons. The van der Waals surface area contributed by atoms with Gasteiger partial charge < -0.3 is 10.6 Å². The number of hydrogen-bond donors (Lipinski definition) is 2. The lowest BCUT2D eigenvalue weighted by atomic mass is 10.2. The molecule has 0 aliphatic heterocycles. The molecular weight excluding hydrogens is 351 g/mol. The van der Waals surface area contributed by atoms with Gasteiger partial charge in [0.1, 0.15) is 5.82 Å². The van der Waals surface area contributed by atoms with E-state index in [2.05, 4.69) is 26.6 Å². The van der Waals surface area contributed by atoms with Crippen molar-refractivity contribution in [1.29, 1.82) is 0 Å². The molecule has 2 amide bonds. The number of carbonyl (C=O) groups excluding carboxylic acids is 2. The van der Waals surface area contributed by atoms with Crippen molar-refractivity contribution in [3.8, 4) is 0 Å². The Kier molecular flexibility index (Phi) is 5.27. The van der Waals surface area contributed by atoms with Crippen molar-refractivity contribution in [1.82, 2.24) is 5.32 Å². The average molecular weight is 365 g/mol. The number of carbonyl (C=O) groups is 2. The molecule has 0 heterocycles. The lowest BCUT2D eigenvalue weighted by Crippen LogP contribution is -2.33. The van der Waals surface area contributed by atoms with Gasteiger partial charge >= 0.3 is 0 Å². The van der Waals surface area contributed by atoms with Gasteiger partial charge in [0, 0.05) is 4.47 Å². The van der Waals surface area contributed by atoms with Crippen LogP contribution in [0.2, 0.25) is 0 Å². The van der Waals surface area contributed by atoms with E-state index in [4.69, 9.17) is 0 Å². The van der Waals surface area contributed by atoms with Crippen LogP contribution in [0.5, 0.6) is 0 Å². The van der Waals surface area contributed by atoms with Gasteiger partial charge in [-0.1, -0.05) is 18.2 Å². The summed E-state index contributed by atoms with van der Waals surface area (Å²) in [6, 6.07) is 11.1. The molecule has 0 unspecified atom stereocenters. The van der Waals surface area contributed by atoms with Crippen molar-refractivity contribution in [2.24, 2.45) is 0 Å². The fourth-order valence-electron chi connectivity index (χ4n) is 1.82. The van der Waals surface area contributed by atoms with Crippen molar-refractivity contribution in [3.63, 3.8) is 0 Å². The third kappa shape index (κ3) is 4.14. The molecule has 0 saturated carbocycles. The number of benzene rings is 2. The van der Waals surface area contributed by atoms with Crippen LogP contribution < -0.4 is 10.6 Å². The number of rotatable bonds is 4. The summed E-state index contributed by atoms with van der Waals surface area (Å²) in [6.45, 7) is 1.69. The van der Waals surface area contributed by atoms with Crippen LogP contribution in [0.3, 0.4) is 0 Å². The maximum atomic E-state index is 13.4. The Hall–Kier alpha value is -2.21. The lowest BCUT2D eigenvalue weighted by Gasteiger charge is -2.09. The second-order valence-corrected chi connectivity index (χ2v) is 5.55. The maximum Gasteiger partial charge on any atom is 0.254 e. The van der Waals surface area contributed by atoms with Gasteiger partial charge in [-0.3, -0.25) is 9.59 Å². The maximum absolute atomic E-state index is 13.4. The number of amides is 2. The summed E-state index contributed by atoms with van der Waals surface area (Å²) in [6.07, 6.45) is 0. The van der Waals surface area contributed by atoms with Gasteiger partial charge in [-0.25, -0.2) is 4.39 Å². The van der Waals surface area contributed by atoms with Gasteiger partial charge in [-0.2, -0.15) is 0 Å². The Morgan fingerprint density at radius 1 is 1.18 bits per heavy atom. The van der Waals surface area contributed by atoms with Crippen LogP contribution in [0.25, 0.3) is 0 Å². The van der Waals surface area contributed by atoms with E-state index < -0.39 is 17.6 Å². The topological polar surface area (TPSA) is 58.2 Å². The van der Waals surface area contributed by atoms with E-state index >= 15 is 0 Å². The van der Waals surface area contributed by atoms with Gasteiger partial charge in [0.25, 0.3) is 5.91 Å². The highest BCUT2D eigenvalue weighted by Crippen LogP contribution is 2.23. The molecule has 0 aliphatic rings. The van der Waals surface area contributed by atoms with E-state index in [0.717, 1.165) is 10.0 Å². The van der Waals surface area contributed by atoms with Crippen molar-refractivity contribution in [2.75, 3.05) is 11.9 Å². The lowest BCUT2D eigenvalue weighted by molar-refractivity contribution is -0.115. The SMILES string of the molecule is Cc1ccc(NC(=O)CNC(=O)c2ccccc2F)c(Br)c1. The van der Waals surface area contributed by atoms with Crippen LogP contribution in [0.15, 0.2) is 46.9 Å². The summed E-state index contributed by atoms with van der Waals surface area (Å²) >= 11 is 3.35. The van der Waals surface area contributed by atoms with Crippen LogP contribution in [0.1, 0.15) is 15.9 Å². The molecule has 2 aromatic carbocycles. The molecule has 2 aromatic rings. The summed E-state index contributed by atoms with van der Waals surface area (Å²) in [5, 5.41) is 5.05. The molecule has 0 saturated heterocycles. The standard InChI is InChI=1S/C16H14BrFN2O2/c1-10-6-7-14(12(17)8-10)20-15(21)9-19-16(22)11-4-2-3-5-13(11)18/h2-8H,9H2,1H3,(H,19,22)(H,20,21). The van der Waals surface area contributed by atoms with Gasteiger partial charge in [0.05, 0.1) is 17.8 Å². The third-order valence-corrected chi connectivity index (χ3v) is 3.58. The Labute approximate surface area is 135 Å². The highest BCUT2D eigenvalue weighted by atomic mass is 79.9. The Bertz CT molecular complexity index is 719. The van der Waals surface area contributed by atoms with Crippen molar-refractivity contribution >= 4 is 33.4 Å². The molecule has 0 aromatic heterocycles. The quantitative estimate of drug-likeness (QED) is 0.874. The van der Waals surface area contributed by atoms with E-state index in [0.29, 0.717) is 5.69 Å². The second kappa shape index (κ2) is 7.17. The first kappa shape index (κ1) is 16.2. The predicted octanol–water partition coefficient (Wildman–Crippen LogP) is 3.27. The summed E-state index contributed by atoms with van der Waals surface area (Å²) in [5.41, 5.74) is 1.57. The zero-order chi connectivity index (χ0) is 16.1. The van der Waals surface area contributed by atoms with Crippen LogP contribution in [0, 0.1) is 12.7 Å². The van der Waals surface area contributed by atoms with E-state index in [1.165, 1.54) is 18.2 Å².